The molecule has 0 radical (unpaired) electrons. The minimum Gasteiger partial charge on any atom is -0.378 e. The lowest BCUT2D eigenvalue weighted by molar-refractivity contribution is 0.102. The van der Waals surface area contributed by atoms with Crippen LogP contribution in [-0.2, 0) is 4.74 Å². The second-order valence-electron chi connectivity index (χ2n) is 7.69. The van der Waals surface area contributed by atoms with Crippen molar-refractivity contribution in [2.75, 3.05) is 41.8 Å². The van der Waals surface area contributed by atoms with Gasteiger partial charge >= 0.3 is 0 Å². The molecule has 3 heterocycles. The topological polar surface area (TPSA) is 105 Å². The van der Waals surface area contributed by atoms with Crippen molar-refractivity contribution in [1.82, 2.24) is 19.9 Å². The van der Waals surface area contributed by atoms with E-state index in [2.05, 4.69) is 35.5 Å². The van der Waals surface area contributed by atoms with Crippen LogP contribution in [0.1, 0.15) is 16.2 Å². The van der Waals surface area contributed by atoms with E-state index in [1.54, 1.807) is 0 Å². The molecule has 166 valence electrons. The van der Waals surface area contributed by atoms with E-state index in [0.29, 0.717) is 30.4 Å². The van der Waals surface area contributed by atoms with Crippen molar-refractivity contribution in [2.24, 2.45) is 0 Å². The van der Waals surface area contributed by atoms with Crippen molar-refractivity contribution in [2.45, 2.75) is 6.92 Å². The fraction of sp³-hybridized carbons (Fsp3) is 0.208. The molecular formula is C24H23N7O2. The summed E-state index contributed by atoms with van der Waals surface area (Å²) in [5.74, 6) is 1.10. The number of anilines is 4. The third-order valence-electron chi connectivity index (χ3n) is 5.26. The summed E-state index contributed by atoms with van der Waals surface area (Å²) in [4.78, 5) is 32.6. The number of benzene rings is 2. The van der Waals surface area contributed by atoms with Crippen LogP contribution >= 0.6 is 0 Å². The molecule has 5 rings (SSSR count). The Morgan fingerprint density at radius 1 is 0.939 bits per heavy atom. The van der Waals surface area contributed by atoms with E-state index in [0.717, 1.165) is 35.8 Å². The van der Waals surface area contributed by atoms with Gasteiger partial charge in [-0.3, -0.25) is 9.78 Å². The largest absolute Gasteiger partial charge is 0.378 e. The maximum Gasteiger partial charge on any atom is 0.275 e. The number of nitrogens with zero attached hydrogens (tertiary/aromatic N) is 5. The Bertz CT molecular complexity index is 1290. The third-order valence-corrected chi connectivity index (χ3v) is 5.26. The van der Waals surface area contributed by atoms with E-state index >= 15 is 0 Å². The Hall–Kier alpha value is -4.11. The second-order valence-corrected chi connectivity index (χ2v) is 7.69. The average molecular weight is 441 g/mol. The molecule has 4 aromatic rings. The lowest BCUT2D eigenvalue weighted by Gasteiger charge is -2.28. The number of aryl methyl sites for hydroxylation is 1. The van der Waals surface area contributed by atoms with Crippen LogP contribution in [0.4, 0.5) is 23.1 Å². The number of hydrogen-bond donors (Lipinski definition) is 2. The Labute approximate surface area is 190 Å². The first-order valence-corrected chi connectivity index (χ1v) is 10.7. The van der Waals surface area contributed by atoms with Crippen LogP contribution in [0.15, 0.2) is 60.8 Å². The molecule has 33 heavy (non-hydrogen) atoms. The average Bonchev–Trinajstić information content (AvgIpc) is 2.85. The summed E-state index contributed by atoms with van der Waals surface area (Å²) in [5, 5.41) is 6.10. The van der Waals surface area contributed by atoms with Crippen LogP contribution in [0.2, 0.25) is 0 Å². The number of para-hydroxylation sites is 2. The number of hydrogen-bond acceptors (Lipinski definition) is 8. The number of fused-ring (bicyclic) bond motifs is 1. The fourth-order valence-electron chi connectivity index (χ4n) is 3.59. The summed E-state index contributed by atoms with van der Waals surface area (Å²) >= 11 is 0. The number of aromatic nitrogens is 4. The van der Waals surface area contributed by atoms with Crippen LogP contribution in [0.3, 0.4) is 0 Å². The maximum atomic E-state index is 12.6. The van der Waals surface area contributed by atoms with E-state index in [1.807, 2.05) is 61.5 Å². The van der Waals surface area contributed by atoms with Crippen molar-refractivity contribution in [3.63, 3.8) is 0 Å². The first-order chi connectivity index (χ1) is 16.1. The van der Waals surface area contributed by atoms with Crippen molar-refractivity contribution >= 4 is 40.1 Å². The molecule has 1 fully saturated rings. The van der Waals surface area contributed by atoms with Crippen molar-refractivity contribution < 1.29 is 9.53 Å². The van der Waals surface area contributed by atoms with Crippen LogP contribution in [-0.4, -0.2) is 52.1 Å². The SMILES string of the molecule is Cc1cc(N2CCOCC2)nc(Nc2ccc(NC(=O)c3cnc4ccccc4n3)cc2)n1. The van der Waals surface area contributed by atoms with Gasteiger partial charge in [-0.1, -0.05) is 12.1 Å². The minimum atomic E-state index is -0.314. The summed E-state index contributed by atoms with van der Waals surface area (Å²) in [5.41, 5.74) is 4.05. The molecule has 0 spiro atoms. The first-order valence-electron chi connectivity index (χ1n) is 10.7. The van der Waals surface area contributed by atoms with Crippen molar-refractivity contribution in [3.8, 4) is 0 Å². The van der Waals surface area contributed by atoms with E-state index in [-0.39, 0.29) is 11.6 Å². The third kappa shape index (κ3) is 4.88. The smallest absolute Gasteiger partial charge is 0.275 e. The normalized spacial score (nSPS) is 13.7. The highest BCUT2D eigenvalue weighted by atomic mass is 16.5. The van der Waals surface area contributed by atoms with Gasteiger partial charge in [0.25, 0.3) is 5.91 Å². The number of morpholine rings is 1. The quantitative estimate of drug-likeness (QED) is 0.484. The predicted octanol–water partition coefficient (Wildman–Crippen LogP) is 3.56. The standard InChI is InChI=1S/C24H23N7O2/c1-16-14-22(31-10-12-33-13-11-31)30-24(26-16)28-18-8-6-17(7-9-18)27-23(32)21-15-25-19-4-2-3-5-20(19)29-21/h2-9,14-15H,10-13H2,1H3,(H,27,32)(H,26,28,30). The molecule has 9 nitrogen and oxygen atoms in total. The summed E-state index contributed by atoms with van der Waals surface area (Å²) in [6, 6.07) is 16.8. The molecule has 1 aliphatic heterocycles. The zero-order valence-corrected chi connectivity index (χ0v) is 18.2. The number of ether oxygens (including phenoxy) is 1. The van der Waals surface area contributed by atoms with Gasteiger partial charge in [-0.2, -0.15) is 4.98 Å². The second kappa shape index (κ2) is 9.17. The Kier molecular flexibility index (Phi) is 5.77. The summed E-state index contributed by atoms with van der Waals surface area (Å²) < 4.78 is 5.43. The summed E-state index contributed by atoms with van der Waals surface area (Å²) in [6.45, 7) is 4.97. The van der Waals surface area contributed by atoms with E-state index in [9.17, 15) is 4.79 Å². The Balaban J connectivity index is 1.26. The predicted molar refractivity (Wildman–Crippen MR) is 127 cm³/mol. The zero-order valence-electron chi connectivity index (χ0n) is 18.2. The monoisotopic (exact) mass is 441 g/mol. The van der Waals surface area contributed by atoms with Gasteiger partial charge in [-0.25, -0.2) is 9.97 Å². The molecule has 0 bridgehead atoms. The molecule has 2 aromatic carbocycles. The molecule has 0 aliphatic carbocycles. The van der Waals surface area contributed by atoms with Crippen LogP contribution in [0.25, 0.3) is 11.0 Å². The van der Waals surface area contributed by atoms with Gasteiger partial charge in [-0.05, 0) is 43.3 Å². The molecule has 1 saturated heterocycles. The number of carbonyl (C=O) groups excluding carboxylic acids is 1. The van der Waals surface area contributed by atoms with E-state index in [4.69, 9.17) is 4.74 Å². The van der Waals surface area contributed by atoms with Gasteiger partial charge in [0.1, 0.15) is 11.5 Å². The zero-order chi connectivity index (χ0) is 22.6. The van der Waals surface area contributed by atoms with Gasteiger partial charge in [-0.15, -0.1) is 0 Å². The highest BCUT2D eigenvalue weighted by Gasteiger charge is 2.14. The van der Waals surface area contributed by atoms with Crippen LogP contribution in [0.5, 0.6) is 0 Å². The first kappa shape index (κ1) is 20.8. The molecule has 0 unspecified atom stereocenters. The highest BCUT2D eigenvalue weighted by Crippen LogP contribution is 2.21. The summed E-state index contributed by atoms with van der Waals surface area (Å²) in [7, 11) is 0. The molecule has 0 saturated carbocycles. The van der Waals surface area contributed by atoms with Gasteiger partial charge in [0.2, 0.25) is 5.95 Å². The van der Waals surface area contributed by atoms with Crippen molar-refractivity contribution in [1.29, 1.82) is 0 Å². The molecule has 1 amide bonds. The lowest BCUT2D eigenvalue weighted by Crippen LogP contribution is -2.36. The molecular weight excluding hydrogens is 418 g/mol. The molecule has 2 aromatic heterocycles. The van der Waals surface area contributed by atoms with E-state index < -0.39 is 0 Å². The molecule has 1 aliphatic rings. The number of amides is 1. The van der Waals surface area contributed by atoms with Crippen LogP contribution < -0.4 is 15.5 Å². The fourth-order valence-corrected chi connectivity index (χ4v) is 3.59. The van der Waals surface area contributed by atoms with E-state index in [1.165, 1.54) is 6.20 Å². The minimum absolute atomic E-state index is 0.264. The Morgan fingerprint density at radius 3 is 2.45 bits per heavy atom. The molecule has 2 N–H and O–H groups in total. The number of nitrogens with one attached hydrogen (secondary N) is 2. The Morgan fingerprint density at radius 2 is 1.67 bits per heavy atom. The van der Waals surface area contributed by atoms with Gasteiger partial charge in [0.15, 0.2) is 0 Å². The van der Waals surface area contributed by atoms with Gasteiger partial charge < -0.3 is 20.3 Å². The van der Waals surface area contributed by atoms with Crippen LogP contribution in [0, 0.1) is 6.92 Å². The lowest BCUT2D eigenvalue weighted by atomic mass is 10.2. The van der Waals surface area contributed by atoms with Crippen molar-refractivity contribution in [3.05, 3.63) is 72.2 Å². The number of rotatable bonds is 5. The molecule has 9 heteroatoms. The summed E-state index contributed by atoms with van der Waals surface area (Å²) in [6.07, 6.45) is 1.48. The highest BCUT2D eigenvalue weighted by molar-refractivity contribution is 6.03. The molecule has 0 atom stereocenters. The number of carbonyl (C=O) groups is 1. The van der Waals surface area contributed by atoms with Gasteiger partial charge in [0.05, 0.1) is 30.4 Å². The maximum absolute atomic E-state index is 12.6. The van der Waals surface area contributed by atoms with Gasteiger partial charge in [0, 0.05) is 36.2 Å².